The van der Waals surface area contributed by atoms with Crippen LogP contribution >= 0.6 is 23.2 Å². The van der Waals surface area contributed by atoms with E-state index < -0.39 is 0 Å². The highest BCUT2D eigenvalue weighted by Crippen LogP contribution is 2.30. The van der Waals surface area contributed by atoms with Crippen LogP contribution in [0, 0.1) is 0 Å². The molecule has 0 amide bonds. The largest absolute Gasteiger partial charge is 0.290 e. The van der Waals surface area contributed by atoms with Crippen molar-refractivity contribution in [1.29, 1.82) is 0 Å². The molecule has 108 valence electrons. The number of hydrogen-bond donors (Lipinski definition) is 0. The smallest absolute Gasteiger partial charge is 0.149 e. The van der Waals surface area contributed by atoms with Crippen LogP contribution in [-0.4, -0.2) is 19.3 Å². The summed E-state index contributed by atoms with van der Waals surface area (Å²) in [6.07, 6.45) is 5.35. The fraction of sp³-hybridized carbons (Fsp3) is 0. The molecule has 22 heavy (non-hydrogen) atoms. The molecule has 0 aliphatic rings. The van der Waals surface area contributed by atoms with Gasteiger partial charge in [-0.05, 0) is 30.3 Å². The second-order valence-electron chi connectivity index (χ2n) is 4.82. The summed E-state index contributed by atoms with van der Waals surface area (Å²) in [5.41, 5.74) is 1.66. The Morgan fingerprint density at radius 1 is 1.00 bits per heavy atom. The molecule has 0 spiro atoms. The third kappa shape index (κ3) is 2.08. The maximum absolute atomic E-state index is 6.35. The van der Waals surface area contributed by atoms with Crippen LogP contribution in [0.25, 0.3) is 22.4 Å². The number of halogens is 2. The number of aromatic nitrogens is 4. The standard InChI is InChI=1S/C16H10Cl2N4/c17-11-5-6-15(13(18)9-11)22-16(21-8-7-19-10-21)12-3-1-2-4-14(12)20-22/h1-10H. The summed E-state index contributed by atoms with van der Waals surface area (Å²) in [5.74, 6) is 0.886. The van der Waals surface area contributed by atoms with E-state index in [1.54, 1.807) is 24.7 Å². The number of nitrogens with zero attached hydrogens (tertiary/aromatic N) is 4. The monoisotopic (exact) mass is 328 g/mol. The zero-order valence-corrected chi connectivity index (χ0v) is 12.8. The molecule has 0 N–H and O–H groups in total. The molecule has 4 rings (SSSR count). The van der Waals surface area contributed by atoms with E-state index in [-0.39, 0.29) is 0 Å². The highest BCUT2D eigenvalue weighted by molar-refractivity contribution is 6.35. The van der Waals surface area contributed by atoms with Crippen molar-refractivity contribution in [2.45, 2.75) is 0 Å². The van der Waals surface area contributed by atoms with Gasteiger partial charge in [-0.3, -0.25) is 4.57 Å². The Morgan fingerprint density at radius 3 is 2.64 bits per heavy atom. The minimum Gasteiger partial charge on any atom is -0.290 e. The van der Waals surface area contributed by atoms with Crippen LogP contribution in [-0.2, 0) is 0 Å². The lowest BCUT2D eigenvalue weighted by molar-refractivity contribution is 0.832. The number of fused-ring (bicyclic) bond motifs is 1. The van der Waals surface area contributed by atoms with E-state index in [0.717, 1.165) is 22.4 Å². The zero-order chi connectivity index (χ0) is 15.1. The first-order chi connectivity index (χ1) is 10.7. The first-order valence-electron chi connectivity index (χ1n) is 6.65. The van der Waals surface area contributed by atoms with Crippen molar-refractivity contribution in [3.8, 4) is 11.5 Å². The second-order valence-corrected chi connectivity index (χ2v) is 5.66. The Balaban J connectivity index is 2.07. The summed E-state index contributed by atoms with van der Waals surface area (Å²) in [6, 6.07) is 13.3. The van der Waals surface area contributed by atoms with E-state index in [0.29, 0.717) is 10.0 Å². The van der Waals surface area contributed by atoms with E-state index in [4.69, 9.17) is 23.2 Å². The van der Waals surface area contributed by atoms with Crippen LogP contribution in [0.4, 0.5) is 0 Å². The van der Waals surface area contributed by atoms with Gasteiger partial charge < -0.3 is 0 Å². The van der Waals surface area contributed by atoms with E-state index >= 15 is 0 Å². The fourth-order valence-corrected chi connectivity index (χ4v) is 2.96. The zero-order valence-electron chi connectivity index (χ0n) is 11.3. The first kappa shape index (κ1) is 13.4. The van der Waals surface area contributed by atoms with Gasteiger partial charge in [-0.2, -0.15) is 5.10 Å². The minimum absolute atomic E-state index is 0.543. The molecule has 2 heterocycles. The Morgan fingerprint density at radius 2 is 1.86 bits per heavy atom. The molecule has 0 fully saturated rings. The molecule has 0 unspecified atom stereocenters. The van der Waals surface area contributed by atoms with E-state index in [1.807, 2.05) is 45.8 Å². The number of hydrogen-bond acceptors (Lipinski definition) is 2. The van der Waals surface area contributed by atoms with Crippen molar-refractivity contribution in [3.05, 3.63) is 71.2 Å². The molecule has 0 atom stereocenters. The molecule has 0 radical (unpaired) electrons. The third-order valence-electron chi connectivity index (χ3n) is 3.44. The van der Waals surface area contributed by atoms with Gasteiger partial charge in [-0.25, -0.2) is 9.67 Å². The Hall–Kier alpha value is -2.30. The topological polar surface area (TPSA) is 35.6 Å². The van der Waals surface area contributed by atoms with Crippen LogP contribution in [0.5, 0.6) is 0 Å². The number of imidazole rings is 1. The van der Waals surface area contributed by atoms with Gasteiger partial charge in [0.05, 0.1) is 16.2 Å². The van der Waals surface area contributed by atoms with E-state index in [1.165, 1.54) is 0 Å². The molecule has 6 heteroatoms. The summed E-state index contributed by atoms with van der Waals surface area (Å²) >= 11 is 12.3. The molecule has 0 aliphatic carbocycles. The summed E-state index contributed by atoms with van der Waals surface area (Å²) in [5, 5.41) is 6.83. The Labute approximate surface area is 136 Å². The van der Waals surface area contributed by atoms with Crippen LogP contribution in [0.15, 0.2) is 61.2 Å². The molecule has 0 saturated heterocycles. The van der Waals surface area contributed by atoms with Crippen molar-refractivity contribution in [1.82, 2.24) is 19.3 Å². The van der Waals surface area contributed by atoms with Crippen molar-refractivity contribution < 1.29 is 0 Å². The summed E-state index contributed by atoms with van der Waals surface area (Å²) in [4.78, 5) is 4.12. The predicted molar refractivity (Wildman–Crippen MR) is 88.2 cm³/mol. The van der Waals surface area contributed by atoms with Crippen LogP contribution < -0.4 is 0 Å². The van der Waals surface area contributed by atoms with Gasteiger partial charge in [0.25, 0.3) is 0 Å². The lowest BCUT2D eigenvalue weighted by atomic mass is 10.2. The molecular formula is C16H10Cl2N4. The summed E-state index contributed by atoms with van der Waals surface area (Å²) < 4.78 is 3.73. The molecule has 2 aromatic carbocycles. The molecule has 0 bridgehead atoms. The SMILES string of the molecule is Clc1ccc(-n2nc3ccccc3c2-n2ccnc2)c(Cl)c1. The van der Waals surface area contributed by atoms with E-state index in [9.17, 15) is 0 Å². The average molecular weight is 329 g/mol. The third-order valence-corrected chi connectivity index (χ3v) is 3.98. The van der Waals surface area contributed by atoms with Crippen LogP contribution in [0.3, 0.4) is 0 Å². The number of benzene rings is 2. The quantitative estimate of drug-likeness (QED) is 0.542. The lowest BCUT2D eigenvalue weighted by Gasteiger charge is -2.10. The first-order valence-corrected chi connectivity index (χ1v) is 7.41. The molecule has 0 saturated carbocycles. The van der Waals surface area contributed by atoms with Gasteiger partial charge in [-0.15, -0.1) is 0 Å². The highest BCUT2D eigenvalue weighted by Gasteiger charge is 2.16. The minimum atomic E-state index is 0.543. The molecule has 4 nitrogen and oxygen atoms in total. The van der Waals surface area contributed by atoms with Crippen molar-refractivity contribution >= 4 is 34.1 Å². The van der Waals surface area contributed by atoms with Crippen LogP contribution in [0.2, 0.25) is 10.0 Å². The highest BCUT2D eigenvalue weighted by atomic mass is 35.5. The van der Waals surface area contributed by atoms with Crippen molar-refractivity contribution in [2.24, 2.45) is 0 Å². The van der Waals surface area contributed by atoms with Gasteiger partial charge in [0.15, 0.2) is 0 Å². The maximum atomic E-state index is 6.35. The van der Waals surface area contributed by atoms with Gasteiger partial charge in [0, 0.05) is 22.8 Å². The molecule has 4 aromatic rings. The molecule has 0 aliphatic heterocycles. The van der Waals surface area contributed by atoms with Crippen molar-refractivity contribution in [2.75, 3.05) is 0 Å². The molecular weight excluding hydrogens is 319 g/mol. The van der Waals surface area contributed by atoms with Crippen LogP contribution in [0.1, 0.15) is 0 Å². The summed E-state index contributed by atoms with van der Waals surface area (Å²) in [7, 11) is 0. The fourth-order valence-electron chi connectivity index (χ4n) is 2.47. The normalized spacial score (nSPS) is 11.2. The van der Waals surface area contributed by atoms with Gasteiger partial charge in [0.2, 0.25) is 0 Å². The Kier molecular flexibility index (Phi) is 3.13. The maximum Gasteiger partial charge on any atom is 0.149 e. The van der Waals surface area contributed by atoms with Gasteiger partial charge in [0.1, 0.15) is 12.1 Å². The number of rotatable bonds is 2. The van der Waals surface area contributed by atoms with Crippen molar-refractivity contribution in [3.63, 3.8) is 0 Å². The summed E-state index contributed by atoms with van der Waals surface area (Å²) in [6.45, 7) is 0. The average Bonchev–Trinajstić information content (AvgIpc) is 3.13. The Bertz CT molecular complexity index is 958. The van der Waals surface area contributed by atoms with E-state index in [2.05, 4.69) is 10.1 Å². The van der Waals surface area contributed by atoms with Gasteiger partial charge in [-0.1, -0.05) is 35.3 Å². The van der Waals surface area contributed by atoms with Gasteiger partial charge >= 0.3 is 0 Å². The lowest BCUT2D eigenvalue weighted by Crippen LogP contribution is -2.04. The second kappa shape index (κ2) is 5.16. The predicted octanol–water partition coefficient (Wildman–Crippen LogP) is 4.52. The molecule has 2 aromatic heterocycles.